The summed E-state index contributed by atoms with van der Waals surface area (Å²) in [5, 5.41) is 3.40. The number of fused-ring (bicyclic) bond motifs is 1. The lowest BCUT2D eigenvalue weighted by atomic mass is 10.0. The summed E-state index contributed by atoms with van der Waals surface area (Å²) in [6, 6.07) is 10.2. The van der Waals surface area contributed by atoms with Gasteiger partial charge < -0.3 is 19.7 Å². The third kappa shape index (κ3) is 6.22. The Balaban J connectivity index is 1.36. The van der Waals surface area contributed by atoms with Crippen LogP contribution < -0.4 is 10.2 Å². The van der Waals surface area contributed by atoms with Crippen LogP contribution in [0.1, 0.15) is 35.7 Å². The highest BCUT2D eigenvalue weighted by Gasteiger charge is 2.34. The SMILES string of the molecule is CC(=O)c1cn(CC(=O)N(CC(=O)NCc2cccc(Cl)c2F)C2CC2)c2cc(-c3cnc(N(C)C)nc3)ccc12. The van der Waals surface area contributed by atoms with E-state index in [-0.39, 0.29) is 48.0 Å². The lowest BCUT2D eigenvalue weighted by molar-refractivity contribution is -0.137. The van der Waals surface area contributed by atoms with Crippen molar-refractivity contribution in [2.75, 3.05) is 25.5 Å². The van der Waals surface area contributed by atoms with Crippen molar-refractivity contribution >= 4 is 46.0 Å². The molecule has 2 aromatic heterocycles. The summed E-state index contributed by atoms with van der Waals surface area (Å²) in [6.07, 6.45) is 6.76. The van der Waals surface area contributed by atoms with Crippen LogP contribution in [0, 0.1) is 5.82 Å². The minimum Gasteiger partial charge on any atom is -0.350 e. The molecule has 9 nitrogen and oxygen atoms in total. The van der Waals surface area contributed by atoms with Crippen molar-refractivity contribution < 1.29 is 18.8 Å². The first-order valence-corrected chi connectivity index (χ1v) is 13.6. The van der Waals surface area contributed by atoms with Gasteiger partial charge in [-0.2, -0.15) is 0 Å². The number of hydrogen-bond acceptors (Lipinski definition) is 6. The number of aromatic nitrogens is 3. The molecule has 0 aliphatic heterocycles. The van der Waals surface area contributed by atoms with E-state index in [0.29, 0.717) is 11.5 Å². The second-order valence-corrected chi connectivity index (χ2v) is 10.8. The monoisotopic (exact) mass is 576 g/mol. The van der Waals surface area contributed by atoms with E-state index in [1.165, 1.54) is 13.0 Å². The van der Waals surface area contributed by atoms with Gasteiger partial charge in [0.05, 0.1) is 11.6 Å². The Morgan fingerprint density at radius 1 is 1.10 bits per heavy atom. The molecule has 0 atom stereocenters. The molecule has 0 bridgehead atoms. The number of amides is 2. The summed E-state index contributed by atoms with van der Waals surface area (Å²) in [6.45, 7) is 1.26. The molecule has 0 saturated heterocycles. The summed E-state index contributed by atoms with van der Waals surface area (Å²) < 4.78 is 16.0. The number of nitrogens with one attached hydrogen (secondary N) is 1. The van der Waals surface area contributed by atoms with Crippen molar-refractivity contribution in [1.29, 1.82) is 0 Å². The van der Waals surface area contributed by atoms with E-state index in [1.807, 2.05) is 37.2 Å². The fourth-order valence-electron chi connectivity index (χ4n) is 4.72. The van der Waals surface area contributed by atoms with Gasteiger partial charge in [-0.15, -0.1) is 0 Å². The predicted molar refractivity (Wildman–Crippen MR) is 155 cm³/mol. The van der Waals surface area contributed by atoms with E-state index < -0.39 is 11.7 Å². The predicted octanol–water partition coefficient (Wildman–Crippen LogP) is 4.47. The smallest absolute Gasteiger partial charge is 0.243 e. The fraction of sp³-hybridized carbons (Fsp3) is 0.300. The number of rotatable bonds is 10. The molecule has 5 rings (SSSR count). The number of carbonyl (C=O) groups is 3. The van der Waals surface area contributed by atoms with Gasteiger partial charge in [-0.1, -0.05) is 35.9 Å². The molecule has 1 saturated carbocycles. The first-order chi connectivity index (χ1) is 19.6. The van der Waals surface area contributed by atoms with Crippen LogP contribution in [0.4, 0.5) is 10.3 Å². The van der Waals surface area contributed by atoms with Gasteiger partial charge in [-0.3, -0.25) is 14.4 Å². The van der Waals surface area contributed by atoms with E-state index in [1.54, 1.807) is 40.2 Å². The topological polar surface area (TPSA) is 100 Å². The van der Waals surface area contributed by atoms with Crippen LogP contribution in [0.3, 0.4) is 0 Å². The average molecular weight is 577 g/mol. The maximum atomic E-state index is 14.2. The van der Waals surface area contributed by atoms with Gasteiger partial charge in [-0.05, 0) is 37.5 Å². The number of hydrogen-bond donors (Lipinski definition) is 1. The Labute approximate surface area is 241 Å². The molecule has 2 amide bonds. The van der Waals surface area contributed by atoms with Crippen LogP contribution in [0.2, 0.25) is 5.02 Å². The average Bonchev–Trinajstić information content (AvgIpc) is 3.73. The molecule has 0 unspecified atom stereocenters. The van der Waals surface area contributed by atoms with Crippen molar-refractivity contribution in [1.82, 2.24) is 24.8 Å². The highest BCUT2D eigenvalue weighted by molar-refractivity contribution is 6.30. The summed E-state index contributed by atoms with van der Waals surface area (Å²) in [5.74, 6) is -0.740. The second kappa shape index (κ2) is 11.7. The highest BCUT2D eigenvalue weighted by atomic mass is 35.5. The van der Waals surface area contributed by atoms with Gasteiger partial charge in [0, 0.05) is 72.9 Å². The fourth-order valence-corrected chi connectivity index (χ4v) is 4.91. The van der Waals surface area contributed by atoms with Crippen molar-refractivity contribution in [2.24, 2.45) is 0 Å². The Morgan fingerprint density at radius 2 is 1.83 bits per heavy atom. The molecule has 11 heteroatoms. The van der Waals surface area contributed by atoms with Crippen molar-refractivity contribution in [3.8, 4) is 11.1 Å². The molecule has 1 aliphatic carbocycles. The largest absolute Gasteiger partial charge is 0.350 e. The molecule has 4 aromatic rings. The molecule has 1 fully saturated rings. The molecule has 2 aromatic carbocycles. The minimum absolute atomic E-state index is 0.0170. The van der Waals surface area contributed by atoms with Crippen LogP contribution in [0.5, 0.6) is 0 Å². The zero-order valence-electron chi connectivity index (χ0n) is 23.0. The lowest BCUT2D eigenvalue weighted by Crippen LogP contribution is -2.43. The standard InChI is InChI=1S/C30H30ClFN6O3/c1-18(39)24-15-37(26-11-19(7-10-23(24)26)21-13-34-30(35-14-21)36(2)3)17-28(41)38(22-8-9-22)16-27(40)33-12-20-5-4-6-25(31)29(20)32/h4-7,10-11,13-15,22H,8-9,12,16-17H2,1-3H3,(H,33,40). The normalized spacial score (nSPS) is 12.8. The Hall–Kier alpha value is -4.31. The van der Waals surface area contributed by atoms with Crippen molar-refractivity contribution in [2.45, 2.75) is 38.9 Å². The van der Waals surface area contributed by atoms with E-state index in [0.717, 1.165) is 34.9 Å². The highest BCUT2D eigenvalue weighted by Crippen LogP contribution is 2.30. The molecule has 1 aliphatic rings. The summed E-state index contributed by atoms with van der Waals surface area (Å²) in [7, 11) is 3.73. The maximum Gasteiger partial charge on any atom is 0.243 e. The number of Topliss-reactive ketones (excluding diaryl/α,β-unsaturated/α-hetero) is 1. The summed E-state index contributed by atoms with van der Waals surface area (Å²) in [5.41, 5.74) is 3.14. The number of halogens is 2. The molecule has 1 N–H and O–H groups in total. The number of anilines is 1. The third-order valence-electron chi connectivity index (χ3n) is 7.07. The molecule has 0 spiro atoms. The van der Waals surface area contributed by atoms with Gasteiger partial charge >= 0.3 is 0 Å². The van der Waals surface area contributed by atoms with E-state index in [2.05, 4.69) is 15.3 Å². The Bertz CT molecular complexity index is 1630. The van der Waals surface area contributed by atoms with Crippen LogP contribution >= 0.6 is 11.6 Å². The molecule has 0 radical (unpaired) electrons. The molecule has 2 heterocycles. The number of ketones is 1. The number of nitrogens with zero attached hydrogens (tertiary/aromatic N) is 5. The van der Waals surface area contributed by atoms with Crippen LogP contribution in [0.25, 0.3) is 22.0 Å². The van der Waals surface area contributed by atoms with Gasteiger partial charge in [0.15, 0.2) is 5.78 Å². The first-order valence-electron chi connectivity index (χ1n) is 13.2. The van der Waals surface area contributed by atoms with E-state index >= 15 is 0 Å². The Kier molecular flexibility index (Phi) is 8.03. The zero-order chi connectivity index (χ0) is 29.3. The summed E-state index contributed by atoms with van der Waals surface area (Å²) in [4.78, 5) is 50.8. The van der Waals surface area contributed by atoms with Gasteiger partial charge in [0.1, 0.15) is 12.4 Å². The van der Waals surface area contributed by atoms with Crippen LogP contribution in [0.15, 0.2) is 55.0 Å². The van der Waals surface area contributed by atoms with Crippen LogP contribution in [-0.4, -0.2) is 63.7 Å². The molecular weight excluding hydrogens is 547 g/mol. The van der Waals surface area contributed by atoms with Gasteiger partial charge in [0.2, 0.25) is 17.8 Å². The third-order valence-corrected chi connectivity index (χ3v) is 7.36. The van der Waals surface area contributed by atoms with Crippen molar-refractivity contribution in [3.05, 3.63) is 77.0 Å². The number of carbonyl (C=O) groups excluding carboxylic acids is 3. The van der Waals surface area contributed by atoms with Gasteiger partial charge in [-0.25, -0.2) is 14.4 Å². The second-order valence-electron chi connectivity index (χ2n) is 10.4. The van der Waals surface area contributed by atoms with Crippen molar-refractivity contribution in [3.63, 3.8) is 0 Å². The molecule has 41 heavy (non-hydrogen) atoms. The minimum atomic E-state index is -0.579. The first kappa shape index (κ1) is 28.2. The molecule has 212 valence electrons. The van der Waals surface area contributed by atoms with Gasteiger partial charge in [0.25, 0.3) is 0 Å². The quantitative estimate of drug-likeness (QED) is 0.280. The molecular formula is C30H30ClFN6O3. The summed E-state index contributed by atoms with van der Waals surface area (Å²) >= 11 is 5.83. The maximum absolute atomic E-state index is 14.2. The zero-order valence-corrected chi connectivity index (χ0v) is 23.8. The van der Waals surface area contributed by atoms with Crippen LogP contribution in [-0.2, 0) is 22.7 Å². The van der Waals surface area contributed by atoms with E-state index in [9.17, 15) is 18.8 Å². The van der Waals surface area contributed by atoms with E-state index in [4.69, 9.17) is 11.6 Å². The lowest BCUT2D eigenvalue weighted by Gasteiger charge is -2.22. The number of benzene rings is 2. The Morgan fingerprint density at radius 3 is 2.49 bits per heavy atom.